The van der Waals surface area contributed by atoms with Gasteiger partial charge in [-0.15, -0.1) is 0 Å². The molecule has 0 aliphatic heterocycles. The van der Waals surface area contributed by atoms with Crippen molar-refractivity contribution in [2.75, 3.05) is 5.32 Å². The minimum Gasteiger partial charge on any atom is -0.455 e. The number of benzene rings is 2. The number of sulfone groups is 1. The largest absolute Gasteiger partial charge is 0.455 e. The summed E-state index contributed by atoms with van der Waals surface area (Å²) >= 11 is 0. The second-order valence-corrected chi connectivity index (χ2v) is 8.56. The lowest BCUT2D eigenvalue weighted by atomic mass is 10.0. The van der Waals surface area contributed by atoms with Gasteiger partial charge in [0.15, 0.2) is 15.6 Å². The van der Waals surface area contributed by atoms with Crippen molar-refractivity contribution in [3.05, 3.63) is 83.8 Å². The summed E-state index contributed by atoms with van der Waals surface area (Å²) < 4.78 is 30.3. The fourth-order valence-corrected chi connectivity index (χ4v) is 3.91. The van der Waals surface area contributed by atoms with E-state index in [4.69, 9.17) is 4.42 Å². The molecule has 0 atom stereocenters. The number of carbonyl (C=O) groups excluding carboxylic acids is 1. The highest BCUT2D eigenvalue weighted by atomic mass is 32.2. The van der Waals surface area contributed by atoms with Gasteiger partial charge >= 0.3 is 0 Å². The minimum absolute atomic E-state index is 0.0724. The van der Waals surface area contributed by atoms with Crippen molar-refractivity contribution >= 4 is 21.4 Å². The van der Waals surface area contributed by atoms with Crippen LogP contribution in [0.3, 0.4) is 0 Å². The summed E-state index contributed by atoms with van der Waals surface area (Å²) in [5, 5.41) is 2.78. The molecule has 0 radical (unpaired) electrons. The van der Waals surface area contributed by atoms with Crippen molar-refractivity contribution in [3.8, 4) is 0 Å². The van der Waals surface area contributed by atoms with Gasteiger partial charge in [0.05, 0.1) is 4.90 Å². The maximum absolute atomic E-state index is 12.4. The third-order valence-electron chi connectivity index (χ3n) is 4.13. The van der Waals surface area contributed by atoms with Crippen LogP contribution in [0.2, 0.25) is 0 Å². The summed E-state index contributed by atoms with van der Waals surface area (Å²) in [6, 6.07) is 18.7. The Morgan fingerprint density at radius 3 is 2.44 bits per heavy atom. The summed E-state index contributed by atoms with van der Waals surface area (Å²) in [7, 11) is -3.53. The molecule has 1 amide bonds. The van der Waals surface area contributed by atoms with Gasteiger partial charge in [0.25, 0.3) is 5.91 Å². The summed E-state index contributed by atoms with van der Waals surface area (Å²) in [5.41, 5.74) is 1.78. The number of nitrogens with one attached hydrogen (secondary N) is 1. The Bertz CT molecular complexity index is 1040. The van der Waals surface area contributed by atoms with Crippen molar-refractivity contribution in [2.45, 2.75) is 30.4 Å². The van der Waals surface area contributed by atoms with Crippen molar-refractivity contribution < 1.29 is 17.6 Å². The Balaban J connectivity index is 1.72. The number of rotatable bonds is 6. The van der Waals surface area contributed by atoms with Gasteiger partial charge in [-0.1, -0.05) is 44.2 Å². The predicted molar refractivity (Wildman–Crippen MR) is 105 cm³/mol. The summed E-state index contributed by atoms with van der Waals surface area (Å²) in [6.45, 7) is 4.15. The molecular weight excluding hydrogens is 362 g/mol. The van der Waals surface area contributed by atoms with Gasteiger partial charge < -0.3 is 9.73 Å². The van der Waals surface area contributed by atoms with Crippen molar-refractivity contribution in [1.82, 2.24) is 0 Å². The van der Waals surface area contributed by atoms with Gasteiger partial charge in [-0.05, 0) is 47.9 Å². The summed E-state index contributed by atoms with van der Waals surface area (Å²) in [5.74, 6) is -0.0738. The molecule has 0 spiro atoms. The zero-order chi connectivity index (χ0) is 19.4. The fraction of sp³-hybridized carbons (Fsp3) is 0.190. The van der Waals surface area contributed by atoms with Crippen molar-refractivity contribution in [3.63, 3.8) is 0 Å². The Morgan fingerprint density at radius 2 is 1.74 bits per heavy atom. The molecular formula is C21H21NO4S. The first-order valence-electron chi connectivity index (χ1n) is 8.63. The van der Waals surface area contributed by atoms with E-state index in [1.54, 1.807) is 24.3 Å². The molecule has 1 N–H and O–H groups in total. The molecule has 2 aromatic carbocycles. The van der Waals surface area contributed by atoms with Crippen LogP contribution in [0.15, 0.2) is 76.0 Å². The van der Waals surface area contributed by atoms with E-state index in [1.165, 1.54) is 24.3 Å². The lowest BCUT2D eigenvalue weighted by Crippen LogP contribution is -2.11. The Labute approximate surface area is 159 Å². The van der Waals surface area contributed by atoms with Crippen LogP contribution in [-0.4, -0.2) is 14.3 Å². The lowest BCUT2D eigenvalue weighted by molar-refractivity contribution is 0.0995. The zero-order valence-electron chi connectivity index (χ0n) is 15.2. The first kappa shape index (κ1) is 18.9. The molecule has 3 rings (SSSR count). The highest BCUT2D eigenvalue weighted by molar-refractivity contribution is 7.90. The molecule has 0 saturated carbocycles. The topological polar surface area (TPSA) is 76.4 Å². The Kier molecular flexibility index (Phi) is 5.46. The van der Waals surface area contributed by atoms with Crippen LogP contribution < -0.4 is 5.32 Å². The number of furan rings is 1. The Morgan fingerprint density at radius 1 is 1.00 bits per heavy atom. The average Bonchev–Trinajstić information content (AvgIpc) is 3.10. The molecule has 0 aliphatic rings. The normalized spacial score (nSPS) is 11.5. The highest BCUT2D eigenvalue weighted by Gasteiger charge is 2.19. The summed E-state index contributed by atoms with van der Waals surface area (Å²) in [6.07, 6.45) is 0. The van der Waals surface area contributed by atoms with E-state index < -0.39 is 15.7 Å². The van der Waals surface area contributed by atoms with Crippen LogP contribution in [-0.2, 0) is 15.6 Å². The average molecular weight is 383 g/mol. The third-order valence-corrected chi connectivity index (χ3v) is 5.79. The molecule has 5 nitrogen and oxygen atoms in total. The van der Waals surface area contributed by atoms with E-state index in [0.29, 0.717) is 11.6 Å². The van der Waals surface area contributed by atoms with E-state index in [9.17, 15) is 13.2 Å². The van der Waals surface area contributed by atoms with Crippen LogP contribution in [0, 0.1) is 0 Å². The standard InChI is InChI=1S/C21H21NO4S/c1-15(2)16-7-6-8-17(13-16)22-21(23)20-12-11-18(26-20)14-27(24,25)19-9-4-3-5-10-19/h3-13,15H,14H2,1-2H3,(H,22,23). The molecule has 1 heterocycles. The molecule has 0 bridgehead atoms. The molecule has 0 unspecified atom stereocenters. The van der Waals surface area contributed by atoms with Gasteiger partial charge in [0.1, 0.15) is 11.5 Å². The van der Waals surface area contributed by atoms with Gasteiger partial charge in [-0.2, -0.15) is 0 Å². The molecule has 0 aliphatic carbocycles. The second kappa shape index (κ2) is 7.80. The molecule has 1 aromatic heterocycles. The van der Waals surface area contributed by atoms with Crippen molar-refractivity contribution in [2.24, 2.45) is 0 Å². The highest BCUT2D eigenvalue weighted by Crippen LogP contribution is 2.21. The molecule has 0 fully saturated rings. The van der Waals surface area contributed by atoms with Crippen molar-refractivity contribution in [1.29, 1.82) is 0 Å². The SMILES string of the molecule is CC(C)c1cccc(NC(=O)c2ccc(CS(=O)(=O)c3ccccc3)o2)c1. The maximum Gasteiger partial charge on any atom is 0.291 e. The van der Waals surface area contributed by atoms with Gasteiger partial charge in [-0.3, -0.25) is 4.79 Å². The molecule has 0 saturated heterocycles. The van der Waals surface area contributed by atoms with E-state index >= 15 is 0 Å². The van der Waals surface area contributed by atoms with Crippen LogP contribution in [0.4, 0.5) is 5.69 Å². The molecule has 140 valence electrons. The van der Waals surface area contributed by atoms with Gasteiger partial charge in [-0.25, -0.2) is 8.42 Å². The molecule has 27 heavy (non-hydrogen) atoms. The fourth-order valence-electron chi connectivity index (χ4n) is 2.64. The quantitative estimate of drug-likeness (QED) is 0.673. The number of hydrogen-bond donors (Lipinski definition) is 1. The van der Waals surface area contributed by atoms with E-state index in [2.05, 4.69) is 19.2 Å². The molecule has 6 heteroatoms. The van der Waals surface area contributed by atoms with Crippen LogP contribution in [0.5, 0.6) is 0 Å². The van der Waals surface area contributed by atoms with E-state index in [1.807, 2.05) is 18.2 Å². The van der Waals surface area contributed by atoms with Gasteiger partial charge in [0.2, 0.25) is 0 Å². The summed E-state index contributed by atoms with van der Waals surface area (Å²) in [4.78, 5) is 12.6. The number of hydrogen-bond acceptors (Lipinski definition) is 4. The molecule has 3 aromatic rings. The smallest absolute Gasteiger partial charge is 0.291 e. The minimum atomic E-state index is -3.53. The zero-order valence-corrected chi connectivity index (χ0v) is 16.0. The van der Waals surface area contributed by atoms with Crippen LogP contribution >= 0.6 is 0 Å². The third kappa shape index (κ3) is 4.65. The van der Waals surface area contributed by atoms with Gasteiger partial charge in [0, 0.05) is 5.69 Å². The predicted octanol–water partition coefficient (Wildman–Crippen LogP) is 4.63. The number of anilines is 1. The lowest BCUT2D eigenvalue weighted by Gasteiger charge is -2.08. The number of carbonyl (C=O) groups is 1. The Hall–Kier alpha value is -2.86. The van der Waals surface area contributed by atoms with Crippen LogP contribution in [0.1, 0.15) is 41.6 Å². The van der Waals surface area contributed by atoms with E-state index in [0.717, 1.165) is 5.56 Å². The van der Waals surface area contributed by atoms with Crippen LogP contribution in [0.25, 0.3) is 0 Å². The maximum atomic E-state index is 12.4. The van der Waals surface area contributed by atoms with E-state index in [-0.39, 0.29) is 22.2 Å². The number of amides is 1. The second-order valence-electron chi connectivity index (χ2n) is 6.57. The first-order chi connectivity index (χ1) is 12.8. The first-order valence-corrected chi connectivity index (χ1v) is 10.3. The monoisotopic (exact) mass is 383 g/mol.